The highest BCUT2D eigenvalue weighted by Crippen LogP contribution is 2.27. The molecule has 0 fully saturated rings. The van der Waals surface area contributed by atoms with Crippen molar-refractivity contribution >= 4 is 28.1 Å². The van der Waals surface area contributed by atoms with Gasteiger partial charge in [-0.15, -0.1) is 5.10 Å². The standard InChI is InChI=1S/C19H17N5O/c1-3-23(16-10-6-8-14-7-4-5-9-15(14)16)18(25)17-21-19-20-12-11-13(2)24(19)22-17/h4-12H,3H2,1-2H3. The van der Waals surface area contributed by atoms with Crippen molar-refractivity contribution in [2.75, 3.05) is 11.4 Å². The predicted molar refractivity (Wildman–Crippen MR) is 96.8 cm³/mol. The van der Waals surface area contributed by atoms with E-state index in [1.807, 2.05) is 62.4 Å². The molecule has 0 spiro atoms. The Morgan fingerprint density at radius 2 is 1.92 bits per heavy atom. The highest BCUT2D eigenvalue weighted by Gasteiger charge is 2.22. The van der Waals surface area contributed by atoms with Crippen LogP contribution in [-0.2, 0) is 0 Å². The predicted octanol–water partition coefficient (Wildman–Crippen LogP) is 3.25. The van der Waals surface area contributed by atoms with Gasteiger partial charge >= 0.3 is 0 Å². The van der Waals surface area contributed by atoms with Crippen molar-refractivity contribution in [1.29, 1.82) is 0 Å². The number of fused-ring (bicyclic) bond motifs is 2. The number of hydrogen-bond donors (Lipinski definition) is 0. The number of amides is 1. The molecule has 2 heterocycles. The smallest absolute Gasteiger partial charge is 0.298 e. The summed E-state index contributed by atoms with van der Waals surface area (Å²) >= 11 is 0. The van der Waals surface area contributed by atoms with Crippen molar-refractivity contribution in [3.8, 4) is 0 Å². The van der Waals surface area contributed by atoms with E-state index in [1.165, 1.54) is 0 Å². The molecule has 0 bridgehead atoms. The van der Waals surface area contributed by atoms with Gasteiger partial charge in [0.05, 0.1) is 5.69 Å². The summed E-state index contributed by atoms with van der Waals surface area (Å²) in [7, 11) is 0. The number of hydrogen-bond acceptors (Lipinski definition) is 4. The van der Waals surface area contributed by atoms with Crippen LogP contribution in [0.15, 0.2) is 54.7 Å². The van der Waals surface area contributed by atoms with E-state index in [1.54, 1.807) is 15.6 Å². The molecule has 0 saturated heterocycles. The normalized spacial score (nSPS) is 11.1. The number of carbonyl (C=O) groups excluding carboxylic acids is 1. The molecule has 0 unspecified atom stereocenters. The van der Waals surface area contributed by atoms with Gasteiger partial charge in [0.25, 0.3) is 11.7 Å². The van der Waals surface area contributed by atoms with Crippen LogP contribution in [-0.4, -0.2) is 32.0 Å². The molecule has 0 atom stereocenters. The maximum absolute atomic E-state index is 13.1. The molecule has 4 aromatic rings. The van der Waals surface area contributed by atoms with Gasteiger partial charge in [0.15, 0.2) is 0 Å². The van der Waals surface area contributed by atoms with Crippen molar-refractivity contribution in [2.24, 2.45) is 0 Å². The van der Waals surface area contributed by atoms with E-state index in [0.717, 1.165) is 22.2 Å². The van der Waals surface area contributed by atoms with Crippen LogP contribution < -0.4 is 4.90 Å². The second-order valence-corrected chi connectivity index (χ2v) is 5.78. The zero-order valence-corrected chi connectivity index (χ0v) is 14.0. The Labute approximate surface area is 144 Å². The van der Waals surface area contributed by atoms with Gasteiger partial charge in [0.1, 0.15) is 0 Å². The van der Waals surface area contributed by atoms with Gasteiger partial charge in [-0.05, 0) is 31.4 Å². The third kappa shape index (κ3) is 2.52. The molecule has 6 nitrogen and oxygen atoms in total. The van der Waals surface area contributed by atoms with Crippen LogP contribution in [0.5, 0.6) is 0 Å². The Morgan fingerprint density at radius 1 is 1.12 bits per heavy atom. The van der Waals surface area contributed by atoms with Gasteiger partial charge in [-0.2, -0.15) is 4.98 Å². The lowest BCUT2D eigenvalue weighted by Gasteiger charge is -2.21. The van der Waals surface area contributed by atoms with Gasteiger partial charge < -0.3 is 4.90 Å². The van der Waals surface area contributed by atoms with E-state index >= 15 is 0 Å². The number of aromatic nitrogens is 4. The third-order valence-corrected chi connectivity index (χ3v) is 4.24. The fourth-order valence-corrected chi connectivity index (χ4v) is 2.98. The Kier molecular flexibility index (Phi) is 3.65. The molecule has 0 aliphatic heterocycles. The van der Waals surface area contributed by atoms with Crippen molar-refractivity contribution < 1.29 is 4.79 Å². The van der Waals surface area contributed by atoms with Gasteiger partial charge in [-0.3, -0.25) is 4.79 Å². The van der Waals surface area contributed by atoms with Crippen molar-refractivity contribution in [1.82, 2.24) is 19.6 Å². The van der Waals surface area contributed by atoms with E-state index < -0.39 is 0 Å². The fraction of sp³-hybridized carbons (Fsp3) is 0.158. The summed E-state index contributed by atoms with van der Waals surface area (Å²) in [6.07, 6.45) is 1.66. The maximum Gasteiger partial charge on any atom is 0.298 e. The Balaban J connectivity index is 1.82. The minimum atomic E-state index is -0.233. The average molecular weight is 331 g/mol. The first-order chi connectivity index (χ1) is 12.2. The fourth-order valence-electron chi connectivity index (χ4n) is 2.98. The van der Waals surface area contributed by atoms with Gasteiger partial charge in [0, 0.05) is 23.8 Å². The number of anilines is 1. The first-order valence-electron chi connectivity index (χ1n) is 8.17. The molecule has 0 aliphatic rings. The molecule has 4 rings (SSSR count). The highest BCUT2D eigenvalue weighted by molar-refractivity contribution is 6.09. The van der Waals surface area contributed by atoms with Crippen LogP contribution in [0.4, 0.5) is 5.69 Å². The topological polar surface area (TPSA) is 63.4 Å². The summed E-state index contributed by atoms with van der Waals surface area (Å²) in [5, 5.41) is 6.45. The molecule has 0 saturated carbocycles. The van der Waals surface area contributed by atoms with Gasteiger partial charge in [-0.25, -0.2) is 9.50 Å². The number of carbonyl (C=O) groups is 1. The molecular formula is C19H17N5O. The van der Waals surface area contributed by atoms with Crippen LogP contribution in [0.2, 0.25) is 0 Å². The van der Waals surface area contributed by atoms with E-state index in [0.29, 0.717) is 12.3 Å². The molecule has 0 N–H and O–H groups in total. The summed E-state index contributed by atoms with van der Waals surface area (Å²) < 4.78 is 1.59. The lowest BCUT2D eigenvalue weighted by atomic mass is 10.1. The van der Waals surface area contributed by atoms with Crippen LogP contribution in [0.3, 0.4) is 0 Å². The van der Waals surface area contributed by atoms with Crippen molar-refractivity contribution in [3.05, 3.63) is 66.2 Å². The zero-order chi connectivity index (χ0) is 17.4. The van der Waals surface area contributed by atoms with E-state index in [2.05, 4.69) is 15.1 Å². The maximum atomic E-state index is 13.1. The summed E-state index contributed by atoms with van der Waals surface area (Å²) in [5.74, 6) is 0.345. The number of rotatable bonds is 3. The zero-order valence-electron chi connectivity index (χ0n) is 14.0. The molecule has 25 heavy (non-hydrogen) atoms. The SMILES string of the molecule is CCN(C(=O)c1nc2nccc(C)n2n1)c1cccc2ccccc12. The molecule has 2 aromatic heterocycles. The Hall–Kier alpha value is -3.28. The monoisotopic (exact) mass is 331 g/mol. The molecule has 6 heteroatoms. The molecule has 0 radical (unpaired) electrons. The Bertz CT molecular complexity index is 1080. The molecule has 1 amide bonds. The second-order valence-electron chi connectivity index (χ2n) is 5.78. The summed E-state index contributed by atoms with van der Waals surface area (Å²) in [4.78, 5) is 23.2. The van der Waals surface area contributed by atoms with Crippen LogP contribution in [0, 0.1) is 6.92 Å². The van der Waals surface area contributed by atoms with E-state index in [4.69, 9.17) is 0 Å². The lowest BCUT2D eigenvalue weighted by Crippen LogP contribution is -2.31. The molecule has 0 aliphatic carbocycles. The minimum Gasteiger partial charge on any atom is -0.305 e. The van der Waals surface area contributed by atoms with Crippen LogP contribution in [0.25, 0.3) is 16.6 Å². The minimum absolute atomic E-state index is 0.150. The van der Waals surface area contributed by atoms with Crippen molar-refractivity contribution in [3.63, 3.8) is 0 Å². The number of nitrogens with zero attached hydrogens (tertiary/aromatic N) is 5. The van der Waals surface area contributed by atoms with Crippen molar-refractivity contribution in [2.45, 2.75) is 13.8 Å². The summed E-state index contributed by atoms with van der Waals surface area (Å²) in [5.41, 5.74) is 1.74. The number of aryl methyl sites for hydroxylation is 1. The van der Waals surface area contributed by atoms with Crippen LogP contribution in [0.1, 0.15) is 23.2 Å². The lowest BCUT2D eigenvalue weighted by molar-refractivity contribution is 0.0979. The van der Waals surface area contributed by atoms with E-state index in [9.17, 15) is 4.79 Å². The highest BCUT2D eigenvalue weighted by atomic mass is 16.2. The quantitative estimate of drug-likeness (QED) is 0.578. The van der Waals surface area contributed by atoms with Gasteiger partial charge in [-0.1, -0.05) is 36.4 Å². The molecule has 2 aromatic carbocycles. The first-order valence-corrected chi connectivity index (χ1v) is 8.17. The summed E-state index contributed by atoms with van der Waals surface area (Å²) in [6, 6.07) is 15.8. The second kappa shape index (κ2) is 5.98. The average Bonchev–Trinajstić information content (AvgIpc) is 3.08. The summed E-state index contributed by atoms with van der Waals surface area (Å²) in [6.45, 7) is 4.37. The number of benzene rings is 2. The first kappa shape index (κ1) is 15.3. The largest absolute Gasteiger partial charge is 0.305 e. The third-order valence-electron chi connectivity index (χ3n) is 4.24. The van der Waals surface area contributed by atoms with Gasteiger partial charge in [0.2, 0.25) is 5.82 Å². The van der Waals surface area contributed by atoms with Crippen LogP contribution >= 0.6 is 0 Å². The van der Waals surface area contributed by atoms with E-state index in [-0.39, 0.29) is 11.7 Å². The molecular weight excluding hydrogens is 314 g/mol. The Morgan fingerprint density at radius 3 is 2.72 bits per heavy atom. The molecule has 124 valence electrons.